The van der Waals surface area contributed by atoms with E-state index in [1.54, 1.807) is 13.2 Å². The molecule has 3 aromatic rings. The summed E-state index contributed by atoms with van der Waals surface area (Å²) in [4.78, 5) is 19.2. The lowest BCUT2D eigenvalue weighted by atomic mass is 10.2. The first-order valence-electron chi connectivity index (χ1n) is 6.63. The van der Waals surface area contributed by atoms with E-state index in [9.17, 15) is 4.79 Å². The molecule has 2 aromatic carbocycles. The van der Waals surface area contributed by atoms with Gasteiger partial charge < -0.3 is 15.0 Å². The fourth-order valence-electron chi connectivity index (χ4n) is 2.19. The second-order valence-corrected chi connectivity index (χ2v) is 4.58. The molecule has 0 fully saturated rings. The minimum absolute atomic E-state index is 0.127. The predicted molar refractivity (Wildman–Crippen MR) is 82.7 cm³/mol. The van der Waals surface area contributed by atoms with E-state index in [2.05, 4.69) is 15.3 Å². The van der Waals surface area contributed by atoms with Crippen molar-refractivity contribution in [2.24, 2.45) is 0 Å². The van der Waals surface area contributed by atoms with Gasteiger partial charge in [-0.25, -0.2) is 4.98 Å². The van der Waals surface area contributed by atoms with Gasteiger partial charge in [-0.1, -0.05) is 24.3 Å². The average molecular weight is 281 g/mol. The topological polar surface area (TPSA) is 67.0 Å². The van der Waals surface area contributed by atoms with Crippen molar-refractivity contribution < 1.29 is 4.74 Å². The van der Waals surface area contributed by atoms with Crippen molar-refractivity contribution in [2.75, 3.05) is 12.4 Å². The van der Waals surface area contributed by atoms with Crippen LogP contribution in [-0.2, 0) is 6.54 Å². The molecule has 0 aliphatic rings. The zero-order chi connectivity index (χ0) is 14.7. The highest BCUT2D eigenvalue weighted by atomic mass is 16.5. The fourth-order valence-corrected chi connectivity index (χ4v) is 2.19. The smallest absolute Gasteiger partial charge is 0.258 e. The van der Waals surface area contributed by atoms with Gasteiger partial charge in [0.05, 0.1) is 30.2 Å². The van der Waals surface area contributed by atoms with Gasteiger partial charge in [-0.3, -0.25) is 4.79 Å². The van der Waals surface area contributed by atoms with Crippen molar-refractivity contribution in [3.05, 3.63) is 64.7 Å². The van der Waals surface area contributed by atoms with E-state index in [0.717, 1.165) is 11.4 Å². The minimum atomic E-state index is -0.127. The first kappa shape index (κ1) is 13.2. The molecular weight excluding hydrogens is 266 g/mol. The molecule has 0 saturated carbocycles. The number of ether oxygens (including phenoxy) is 1. The Labute approximate surface area is 121 Å². The average Bonchev–Trinajstić information content (AvgIpc) is 2.53. The van der Waals surface area contributed by atoms with E-state index in [4.69, 9.17) is 4.74 Å². The number of aromatic nitrogens is 2. The molecule has 0 aliphatic carbocycles. The van der Waals surface area contributed by atoms with Gasteiger partial charge in [-0.2, -0.15) is 0 Å². The van der Waals surface area contributed by atoms with Gasteiger partial charge in [-0.15, -0.1) is 0 Å². The van der Waals surface area contributed by atoms with Crippen LogP contribution in [-0.4, -0.2) is 17.1 Å². The van der Waals surface area contributed by atoms with E-state index in [1.165, 1.54) is 0 Å². The zero-order valence-corrected chi connectivity index (χ0v) is 11.6. The highest BCUT2D eigenvalue weighted by Gasteiger charge is 2.05. The molecule has 5 heteroatoms. The van der Waals surface area contributed by atoms with E-state index in [-0.39, 0.29) is 5.56 Å². The monoisotopic (exact) mass is 281 g/mol. The summed E-state index contributed by atoms with van der Waals surface area (Å²) in [5.74, 6) is 1.34. The third-order valence-corrected chi connectivity index (χ3v) is 3.22. The number of para-hydroxylation sites is 3. The summed E-state index contributed by atoms with van der Waals surface area (Å²) in [6, 6.07) is 14.9. The number of benzene rings is 2. The maximum absolute atomic E-state index is 12.0. The van der Waals surface area contributed by atoms with Gasteiger partial charge in [0.25, 0.3) is 5.56 Å². The lowest BCUT2D eigenvalue weighted by Crippen LogP contribution is -2.14. The molecule has 5 nitrogen and oxygen atoms in total. The Hall–Kier alpha value is -2.82. The zero-order valence-electron chi connectivity index (χ0n) is 11.6. The number of H-pyrrole nitrogens is 1. The molecule has 0 spiro atoms. The summed E-state index contributed by atoms with van der Waals surface area (Å²) < 4.78 is 5.27. The van der Waals surface area contributed by atoms with Gasteiger partial charge in [-0.05, 0) is 24.3 Å². The van der Waals surface area contributed by atoms with E-state index in [0.29, 0.717) is 23.3 Å². The molecule has 0 bridgehead atoms. The Balaban J connectivity index is 1.87. The van der Waals surface area contributed by atoms with Crippen LogP contribution in [0, 0.1) is 0 Å². The standard InChI is InChI=1S/C16H15N3O2/c1-21-14-9-5-4-8-13(14)17-10-15-18-12-7-3-2-6-11(12)16(20)19-15/h2-9,17H,10H2,1H3,(H,18,19,20). The van der Waals surface area contributed by atoms with Crippen LogP contribution >= 0.6 is 0 Å². The van der Waals surface area contributed by atoms with Crippen LogP contribution < -0.4 is 15.6 Å². The molecule has 1 heterocycles. The van der Waals surface area contributed by atoms with Crippen LogP contribution in [0.3, 0.4) is 0 Å². The molecule has 0 saturated heterocycles. The first-order valence-corrected chi connectivity index (χ1v) is 6.63. The fraction of sp³-hybridized carbons (Fsp3) is 0.125. The molecule has 106 valence electrons. The molecule has 0 atom stereocenters. The number of hydrogen-bond acceptors (Lipinski definition) is 4. The minimum Gasteiger partial charge on any atom is -0.495 e. The molecular formula is C16H15N3O2. The van der Waals surface area contributed by atoms with Gasteiger partial charge in [0.1, 0.15) is 11.6 Å². The number of hydrogen-bond donors (Lipinski definition) is 2. The van der Waals surface area contributed by atoms with Crippen molar-refractivity contribution in [3.63, 3.8) is 0 Å². The summed E-state index contributed by atoms with van der Waals surface area (Å²) in [7, 11) is 1.62. The third-order valence-electron chi connectivity index (χ3n) is 3.22. The van der Waals surface area contributed by atoms with Crippen LogP contribution in [0.1, 0.15) is 5.82 Å². The molecule has 0 unspecified atom stereocenters. The Kier molecular flexibility index (Phi) is 3.55. The molecule has 2 N–H and O–H groups in total. The van der Waals surface area contributed by atoms with Crippen molar-refractivity contribution in [1.29, 1.82) is 0 Å². The number of aromatic amines is 1. The Morgan fingerprint density at radius 3 is 2.76 bits per heavy atom. The summed E-state index contributed by atoms with van der Waals surface area (Å²) >= 11 is 0. The molecule has 3 rings (SSSR count). The number of methoxy groups -OCH3 is 1. The predicted octanol–water partition coefficient (Wildman–Crippen LogP) is 2.54. The Morgan fingerprint density at radius 1 is 1.14 bits per heavy atom. The number of fused-ring (bicyclic) bond motifs is 1. The van der Waals surface area contributed by atoms with Crippen LogP contribution in [0.5, 0.6) is 5.75 Å². The number of nitrogens with one attached hydrogen (secondary N) is 2. The van der Waals surface area contributed by atoms with Gasteiger partial charge >= 0.3 is 0 Å². The van der Waals surface area contributed by atoms with Crippen molar-refractivity contribution in [2.45, 2.75) is 6.54 Å². The van der Waals surface area contributed by atoms with Gasteiger partial charge in [0, 0.05) is 0 Å². The number of anilines is 1. The second-order valence-electron chi connectivity index (χ2n) is 4.58. The Bertz CT molecular complexity index is 827. The van der Waals surface area contributed by atoms with Crippen molar-refractivity contribution >= 4 is 16.6 Å². The van der Waals surface area contributed by atoms with Gasteiger partial charge in [0.15, 0.2) is 0 Å². The molecule has 1 aromatic heterocycles. The summed E-state index contributed by atoms with van der Waals surface area (Å²) in [5, 5.41) is 3.81. The second kappa shape index (κ2) is 5.66. The van der Waals surface area contributed by atoms with Crippen LogP contribution in [0.15, 0.2) is 53.3 Å². The number of rotatable bonds is 4. The van der Waals surface area contributed by atoms with Crippen molar-refractivity contribution in [1.82, 2.24) is 9.97 Å². The lowest BCUT2D eigenvalue weighted by Gasteiger charge is -2.10. The normalized spacial score (nSPS) is 10.5. The van der Waals surface area contributed by atoms with Crippen molar-refractivity contribution in [3.8, 4) is 5.75 Å². The largest absolute Gasteiger partial charge is 0.495 e. The van der Waals surface area contributed by atoms with Crippen LogP contribution in [0.4, 0.5) is 5.69 Å². The molecule has 0 radical (unpaired) electrons. The maximum Gasteiger partial charge on any atom is 0.258 e. The van der Waals surface area contributed by atoms with Crippen LogP contribution in [0.25, 0.3) is 10.9 Å². The SMILES string of the molecule is COc1ccccc1NCc1nc2ccccc2c(=O)[nH]1. The lowest BCUT2D eigenvalue weighted by molar-refractivity contribution is 0.416. The number of nitrogens with zero attached hydrogens (tertiary/aromatic N) is 1. The highest BCUT2D eigenvalue weighted by Crippen LogP contribution is 2.23. The maximum atomic E-state index is 12.0. The Morgan fingerprint density at radius 2 is 1.90 bits per heavy atom. The van der Waals surface area contributed by atoms with Crippen LogP contribution in [0.2, 0.25) is 0 Å². The third kappa shape index (κ3) is 2.72. The summed E-state index contributed by atoms with van der Waals surface area (Å²) in [6.07, 6.45) is 0. The van der Waals surface area contributed by atoms with E-state index in [1.807, 2.05) is 42.5 Å². The summed E-state index contributed by atoms with van der Waals surface area (Å²) in [5.41, 5.74) is 1.42. The molecule has 0 aliphatic heterocycles. The van der Waals surface area contributed by atoms with E-state index >= 15 is 0 Å². The molecule has 0 amide bonds. The summed E-state index contributed by atoms with van der Waals surface area (Å²) in [6.45, 7) is 0.417. The quantitative estimate of drug-likeness (QED) is 0.771. The van der Waals surface area contributed by atoms with E-state index < -0.39 is 0 Å². The highest BCUT2D eigenvalue weighted by molar-refractivity contribution is 5.77. The molecule has 21 heavy (non-hydrogen) atoms. The first-order chi connectivity index (χ1) is 10.3. The van der Waals surface area contributed by atoms with Gasteiger partial charge in [0.2, 0.25) is 0 Å².